The first kappa shape index (κ1) is 11.9. The number of anilines is 1. The highest BCUT2D eigenvalue weighted by molar-refractivity contribution is 5.61. The normalized spacial score (nSPS) is 28.0. The van der Waals surface area contributed by atoms with Gasteiger partial charge in [0.1, 0.15) is 5.69 Å². The van der Waals surface area contributed by atoms with Crippen molar-refractivity contribution >= 4 is 11.4 Å². The number of hydrogen-bond donors (Lipinski definition) is 1. The van der Waals surface area contributed by atoms with Gasteiger partial charge in [-0.3, -0.25) is 10.1 Å². The van der Waals surface area contributed by atoms with Gasteiger partial charge in [0.05, 0.1) is 4.92 Å². The van der Waals surface area contributed by atoms with Gasteiger partial charge in [-0.2, -0.15) is 0 Å². The average molecular weight is 234 g/mol. The van der Waals surface area contributed by atoms with E-state index in [0.29, 0.717) is 23.6 Å². The Morgan fingerprint density at radius 2 is 2.00 bits per heavy atom. The topological polar surface area (TPSA) is 55.2 Å². The van der Waals surface area contributed by atoms with Gasteiger partial charge in [0.2, 0.25) is 0 Å². The Morgan fingerprint density at radius 3 is 2.59 bits per heavy atom. The molecule has 1 aromatic rings. The summed E-state index contributed by atoms with van der Waals surface area (Å²) in [6, 6.07) is 7.22. The number of nitrogens with one attached hydrogen (secondary N) is 1. The first-order valence-electron chi connectivity index (χ1n) is 6.09. The zero-order valence-corrected chi connectivity index (χ0v) is 10.2. The summed E-state index contributed by atoms with van der Waals surface area (Å²) < 4.78 is 0. The molecule has 0 radical (unpaired) electrons. The van der Waals surface area contributed by atoms with Crippen LogP contribution in [0.1, 0.15) is 26.7 Å². The standard InChI is InChI=1S/C13H18N2O2/c1-9-7-8-11(10(9)2)14-12-5-3-4-6-13(12)15(16)17/h3-6,9-11,14H,7-8H2,1-2H3. The predicted molar refractivity (Wildman–Crippen MR) is 68.1 cm³/mol. The number of nitro benzene ring substituents is 1. The third-order valence-corrected chi connectivity index (χ3v) is 3.91. The van der Waals surface area contributed by atoms with E-state index in [0.717, 1.165) is 6.42 Å². The van der Waals surface area contributed by atoms with Crippen molar-refractivity contribution in [1.29, 1.82) is 0 Å². The van der Waals surface area contributed by atoms with Crippen LogP contribution in [0.5, 0.6) is 0 Å². The summed E-state index contributed by atoms with van der Waals surface area (Å²) in [4.78, 5) is 10.6. The summed E-state index contributed by atoms with van der Waals surface area (Å²) in [6.07, 6.45) is 2.29. The van der Waals surface area contributed by atoms with Gasteiger partial charge in [-0.15, -0.1) is 0 Å². The van der Waals surface area contributed by atoms with Crippen molar-refractivity contribution in [3.8, 4) is 0 Å². The third kappa shape index (κ3) is 2.40. The van der Waals surface area contributed by atoms with Crippen LogP contribution < -0.4 is 5.32 Å². The monoisotopic (exact) mass is 234 g/mol. The molecule has 1 saturated carbocycles. The van der Waals surface area contributed by atoms with E-state index in [1.54, 1.807) is 18.2 Å². The maximum atomic E-state index is 10.9. The molecule has 0 heterocycles. The minimum atomic E-state index is -0.328. The molecule has 92 valence electrons. The quantitative estimate of drug-likeness (QED) is 0.643. The molecule has 1 aliphatic carbocycles. The van der Waals surface area contributed by atoms with Crippen LogP contribution in [0.25, 0.3) is 0 Å². The Hall–Kier alpha value is -1.58. The number of hydrogen-bond acceptors (Lipinski definition) is 3. The number of nitrogens with zero attached hydrogens (tertiary/aromatic N) is 1. The van der Waals surface area contributed by atoms with Crippen molar-refractivity contribution in [2.24, 2.45) is 11.8 Å². The maximum absolute atomic E-state index is 10.9. The molecule has 17 heavy (non-hydrogen) atoms. The van der Waals surface area contributed by atoms with Crippen molar-refractivity contribution in [2.75, 3.05) is 5.32 Å². The fourth-order valence-corrected chi connectivity index (χ4v) is 2.52. The molecular formula is C13H18N2O2. The molecule has 4 heteroatoms. The van der Waals surface area contributed by atoms with Crippen LogP contribution in [0.4, 0.5) is 11.4 Å². The highest BCUT2D eigenvalue weighted by Crippen LogP contribution is 2.35. The van der Waals surface area contributed by atoms with Crippen molar-refractivity contribution in [2.45, 2.75) is 32.7 Å². The van der Waals surface area contributed by atoms with Crippen molar-refractivity contribution in [3.63, 3.8) is 0 Å². The number of rotatable bonds is 3. The minimum Gasteiger partial charge on any atom is -0.376 e. The Morgan fingerprint density at radius 1 is 1.29 bits per heavy atom. The molecule has 0 spiro atoms. The van der Waals surface area contributed by atoms with Crippen LogP contribution in [-0.4, -0.2) is 11.0 Å². The van der Waals surface area contributed by atoms with Crippen molar-refractivity contribution in [3.05, 3.63) is 34.4 Å². The molecule has 3 atom stereocenters. The van der Waals surface area contributed by atoms with E-state index in [9.17, 15) is 10.1 Å². The van der Waals surface area contributed by atoms with Gasteiger partial charge < -0.3 is 5.32 Å². The lowest BCUT2D eigenvalue weighted by Crippen LogP contribution is -2.24. The van der Waals surface area contributed by atoms with Gasteiger partial charge in [0, 0.05) is 12.1 Å². The van der Waals surface area contributed by atoms with Crippen LogP contribution in [0.15, 0.2) is 24.3 Å². The second-order valence-electron chi connectivity index (χ2n) is 4.94. The summed E-state index contributed by atoms with van der Waals surface area (Å²) in [6.45, 7) is 4.45. The summed E-state index contributed by atoms with van der Waals surface area (Å²) >= 11 is 0. The zero-order chi connectivity index (χ0) is 12.4. The lowest BCUT2D eigenvalue weighted by molar-refractivity contribution is -0.384. The summed E-state index contributed by atoms with van der Waals surface area (Å²) in [5.74, 6) is 1.25. The van der Waals surface area contributed by atoms with E-state index in [1.165, 1.54) is 6.42 Å². The summed E-state index contributed by atoms with van der Waals surface area (Å²) in [5.41, 5.74) is 0.808. The van der Waals surface area contributed by atoms with Gasteiger partial charge in [0.15, 0.2) is 0 Å². The van der Waals surface area contributed by atoms with Crippen LogP contribution in [0.3, 0.4) is 0 Å². The minimum absolute atomic E-state index is 0.166. The van der Waals surface area contributed by atoms with Gasteiger partial charge in [0.25, 0.3) is 5.69 Å². The highest BCUT2D eigenvalue weighted by Gasteiger charge is 2.30. The number of para-hydroxylation sites is 2. The SMILES string of the molecule is CC1CCC(Nc2ccccc2[N+](=O)[O-])C1C. The van der Waals surface area contributed by atoms with Gasteiger partial charge in [-0.1, -0.05) is 26.0 Å². The van der Waals surface area contributed by atoms with Gasteiger partial charge in [-0.25, -0.2) is 0 Å². The molecule has 4 nitrogen and oxygen atoms in total. The first-order valence-corrected chi connectivity index (χ1v) is 6.09. The van der Waals surface area contributed by atoms with E-state index in [1.807, 2.05) is 6.07 Å². The van der Waals surface area contributed by atoms with Crippen molar-refractivity contribution in [1.82, 2.24) is 0 Å². The molecule has 1 N–H and O–H groups in total. The highest BCUT2D eigenvalue weighted by atomic mass is 16.6. The number of benzene rings is 1. The van der Waals surface area contributed by atoms with Gasteiger partial charge >= 0.3 is 0 Å². The molecule has 2 rings (SSSR count). The van der Waals surface area contributed by atoms with E-state index >= 15 is 0 Å². The Kier molecular flexibility index (Phi) is 3.31. The predicted octanol–water partition coefficient (Wildman–Crippen LogP) is 3.44. The van der Waals surface area contributed by atoms with Crippen LogP contribution in [0.2, 0.25) is 0 Å². The lowest BCUT2D eigenvalue weighted by atomic mass is 9.97. The maximum Gasteiger partial charge on any atom is 0.292 e. The molecular weight excluding hydrogens is 216 g/mol. The van der Waals surface area contributed by atoms with E-state index in [2.05, 4.69) is 19.2 Å². The zero-order valence-electron chi connectivity index (χ0n) is 10.2. The van der Waals surface area contributed by atoms with Crippen LogP contribution in [0, 0.1) is 22.0 Å². The molecule has 1 aliphatic rings. The Balaban J connectivity index is 2.16. The van der Waals surface area contributed by atoms with E-state index < -0.39 is 0 Å². The number of nitro groups is 1. The fraction of sp³-hybridized carbons (Fsp3) is 0.538. The molecule has 0 saturated heterocycles. The molecule has 0 bridgehead atoms. The molecule has 0 amide bonds. The first-order chi connectivity index (χ1) is 8.09. The molecule has 0 aromatic heterocycles. The average Bonchev–Trinajstić information content (AvgIpc) is 2.61. The second-order valence-corrected chi connectivity index (χ2v) is 4.94. The summed E-state index contributed by atoms with van der Waals surface area (Å²) in [7, 11) is 0. The molecule has 1 aromatic carbocycles. The van der Waals surface area contributed by atoms with E-state index in [-0.39, 0.29) is 10.6 Å². The summed E-state index contributed by atoms with van der Waals surface area (Å²) in [5, 5.41) is 14.2. The largest absolute Gasteiger partial charge is 0.376 e. The third-order valence-electron chi connectivity index (χ3n) is 3.91. The van der Waals surface area contributed by atoms with Gasteiger partial charge in [-0.05, 0) is 30.7 Å². The van der Waals surface area contributed by atoms with Crippen LogP contribution in [-0.2, 0) is 0 Å². The Bertz CT molecular complexity index is 420. The van der Waals surface area contributed by atoms with Crippen LogP contribution >= 0.6 is 0 Å². The molecule has 0 aliphatic heterocycles. The second kappa shape index (κ2) is 4.73. The van der Waals surface area contributed by atoms with Crippen molar-refractivity contribution < 1.29 is 4.92 Å². The smallest absolute Gasteiger partial charge is 0.292 e. The van der Waals surface area contributed by atoms with E-state index in [4.69, 9.17) is 0 Å². The molecule has 1 fully saturated rings. The Labute approximate surface area is 101 Å². The molecule has 3 unspecified atom stereocenters. The fourth-order valence-electron chi connectivity index (χ4n) is 2.52. The lowest BCUT2D eigenvalue weighted by Gasteiger charge is -2.20.